The molecule has 1 aromatic heterocycles. The second-order valence-corrected chi connectivity index (χ2v) is 7.13. The molecule has 0 saturated heterocycles. The molecule has 0 aliphatic heterocycles. The summed E-state index contributed by atoms with van der Waals surface area (Å²) in [5.41, 5.74) is 4.19. The van der Waals surface area contributed by atoms with Gasteiger partial charge in [-0.2, -0.15) is 0 Å². The first-order valence-corrected chi connectivity index (χ1v) is 9.57. The number of amides is 1. The van der Waals surface area contributed by atoms with Crippen molar-refractivity contribution in [3.63, 3.8) is 0 Å². The van der Waals surface area contributed by atoms with E-state index in [0.29, 0.717) is 13.1 Å². The van der Waals surface area contributed by atoms with E-state index in [4.69, 9.17) is 4.74 Å². The van der Waals surface area contributed by atoms with Crippen molar-refractivity contribution in [2.75, 3.05) is 19.5 Å². The number of ether oxygens (including phenoxy) is 1. The lowest BCUT2D eigenvalue weighted by molar-refractivity contribution is -0.128. The Labute approximate surface area is 163 Å². The number of aromatic nitrogens is 1. The van der Waals surface area contributed by atoms with E-state index in [1.165, 1.54) is 0 Å². The molecule has 2 aromatic carbocycles. The Bertz CT molecular complexity index is 906. The zero-order valence-corrected chi connectivity index (χ0v) is 16.5. The third-order valence-corrected chi connectivity index (χ3v) is 5.13. The lowest BCUT2D eigenvalue weighted by Gasteiger charge is -2.14. The summed E-state index contributed by atoms with van der Waals surface area (Å²) in [5.74, 6) is 0.928. The normalized spacial score (nSPS) is 10.5. The Morgan fingerprint density at radius 2 is 1.93 bits per heavy atom. The van der Waals surface area contributed by atoms with Gasteiger partial charge >= 0.3 is 0 Å². The first-order valence-electron chi connectivity index (χ1n) is 8.69. The van der Waals surface area contributed by atoms with Crippen molar-refractivity contribution in [2.24, 2.45) is 0 Å². The summed E-state index contributed by atoms with van der Waals surface area (Å²) in [6, 6.07) is 16.1. The van der Waals surface area contributed by atoms with Crippen LogP contribution >= 0.6 is 11.3 Å². The van der Waals surface area contributed by atoms with Crippen molar-refractivity contribution >= 4 is 22.4 Å². The molecule has 5 nitrogen and oxygen atoms in total. The van der Waals surface area contributed by atoms with Crippen LogP contribution in [-0.2, 0) is 17.9 Å². The van der Waals surface area contributed by atoms with Gasteiger partial charge in [-0.25, -0.2) is 4.98 Å². The van der Waals surface area contributed by atoms with Crippen LogP contribution in [0.15, 0.2) is 53.9 Å². The van der Waals surface area contributed by atoms with Crippen molar-refractivity contribution in [1.82, 2.24) is 9.88 Å². The van der Waals surface area contributed by atoms with E-state index in [2.05, 4.69) is 10.3 Å². The van der Waals surface area contributed by atoms with Gasteiger partial charge < -0.3 is 15.0 Å². The first-order chi connectivity index (χ1) is 13.1. The molecule has 1 amide bonds. The molecule has 0 bridgehead atoms. The number of nitrogens with one attached hydrogen (secondary N) is 1. The molecule has 0 saturated carbocycles. The topological polar surface area (TPSA) is 54.5 Å². The Hall–Kier alpha value is -2.86. The van der Waals surface area contributed by atoms with Gasteiger partial charge in [0.15, 0.2) is 5.13 Å². The van der Waals surface area contributed by atoms with E-state index < -0.39 is 0 Å². The highest BCUT2D eigenvalue weighted by molar-refractivity contribution is 7.14. The lowest BCUT2D eigenvalue weighted by Crippen LogP contribution is -2.22. The summed E-state index contributed by atoms with van der Waals surface area (Å²) < 4.78 is 5.38. The highest BCUT2D eigenvalue weighted by atomic mass is 32.1. The summed E-state index contributed by atoms with van der Waals surface area (Å²) in [6.07, 6.45) is 0. The summed E-state index contributed by atoms with van der Waals surface area (Å²) in [7, 11) is 3.48. The third kappa shape index (κ3) is 4.86. The molecule has 6 heteroatoms. The molecule has 0 aliphatic rings. The van der Waals surface area contributed by atoms with E-state index in [1.807, 2.05) is 53.9 Å². The number of rotatable bonds is 7. The maximum absolute atomic E-state index is 11.3. The summed E-state index contributed by atoms with van der Waals surface area (Å²) >= 11 is 1.58. The molecule has 0 atom stereocenters. The number of carbonyl (C=O) groups excluding carboxylic acids is 1. The van der Waals surface area contributed by atoms with Crippen LogP contribution in [0, 0.1) is 0 Å². The standard InChI is InChI=1S/C21H23N3O2S/c1-15(25)24(2)13-16-8-10-17(11-9-16)19-14-27-21(23-19)22-12-18-6-4-5-7-20(18)26-3/h4-11,14H,12-13H2,1-3H3,(H,22,23). The number of benzene rings is 2. The monoisotopic (exact) mass is 381 g/mol. The van der Waals surface area contributed by atoms with Gasteiger partial charge in [-0.3, -0.25) is 4.79 Å². The van der Waals surface area contributed by atoms with Crippen LogP contribution in [0.2, 0.25) is 0 Å². The molecule has 1 heterocycles. The molecule has 1 N–H and O–H groups in total. The predicted octanol–water partition coefficient (Wildman–Crippen LogP) is 4.41. The Kier molecular flexibility index (Phi) is 6.08. The van der Waals surface area contributed by atoms with E-state index in [1.54, 1.807) is 37.3 Å². The van der Waals surface area contributed by atoms with E-state index in [9.17, 15) is 4.79 Å². The van der Waals surface area contributed by atoms with E-state index in [0.717, 1.165) is 33.3 Å². The minimum atomic E-state index is 0.0596. The molecule has 0 fully saturated rings. The SMILES string of the molecule is COc1ccccc1CNc1nc(-c2ccc(CN(C)C(C)=O)cc2)cs1. The molecule has 0 unspecified atom stereocenters. The fourth-order valence-electron chi connectivity index (χ4n) is 2.67. The molecule has 0 aliphatic carbocycles. The van der Waals surface area contributed by atoms with Crippen LogP contribution in [-0.4, -0.2) is 29.9 Å². The average molecular weight is 382 g/mol. The molecule has 0 radical (unpaired) electrons. The van der Waals surface area contributed by atoms with Gasteiger partial charge in [0, 0.05) is 43.6 Å². The van der Waals surface area contributed by atoms with Crippen LogP contribution in [0.4, 0.5) is 5.13 Å². The average Bonchev–Trinajstić information content (AvgIpc) is 3.16. The second kappa shape index (κ2) is 8.68. The van der Waals surface area contributed by atoms with Crippen LogP contribution in [0.1, 0.15) is 18.1 Å². The summed E-state index contributed by atoms with van der Waals surface area (Å²) in [6.45, 7) is 2.84. The van der Waals surface area contributed by atoms with Crippen molar-refractivity contribution in [3.05, 3.63) is 65.0 Å². The summed E-state index contributed by atoms with van der Waals surface area (Å²) in [4.78, 5) is 17.7. The van der Waals surface area contributed by atoms with Gasteiger partial charge in [0.1, 0.15) is 5.75 Å². The molecule has 3 rings (SSSR count). The number of methoxy groups -OCH3 is 1. The maximum atomic E-state index is 11.3. The largest absolute Gasteiger partial charge is 0.496 e. The lowest BCUT2D eigenvalue weighted by atomic mass is 10.1. The number of para-hydroxylation sites is 1. The number of thiazole rings is 1. The van der Waals surface area contributed by atoms with E-state index in [-0.39, 0.29) is 5.91 Å². The maximum Gasteiger partial charge on any atom is 0.219 e. The van der Waals surface area contributed by atoms with Gasteiger partial charge in [-0.05, 0) is 11.6 Å². The Balaban J connectivity index is 1.64. The molecule has 3 aromatic rings. The smallest absolute Gasteiger partial charge is 0.219 e. The number of hydrogen-bond donors (Lipinski definition) is 1. The van der Waals surface area contributed by atoms with Crippen molar-refractivity contribution in [3.8, 4) is 17.0 Å². The zero-order valence-electron chi connectivity index (χ0n) is 15.7. The molecular formula is C21H23N3O2S. The van der Waals surface area contributed by atoms with Crippen LogP contribution in [0.3, 0.4) is 0 Å². The number of hydrogen-bond acceptors (Lipinski definition) is 5. The number of nitrogens with zero attached hydrogens (tertiary/aromatic N) is 2. The quantitative estimate of drug-likeness (QED) is 0.659. The van der Waals surface area contributed by atoms with Gasteiger partial charge in [-0.1, -0.05) is 42.5 Å². The van der Waals surface area contributed by atoms with Gasteiger partial charge in [0.25, 0.3) is 0 Å². The second-order valence-electron chi connectivity index (χ2n) is 6.28. The van der Waals surface area contributed by atoms with Crippen molar-refractivity contribution < 1.29 is 9.53 Å². The highest BCUT2D eigenvalue weighted by Crippen LogP contribution is 2.26. The number of anilines is 1. The summed E-state index contributed by atoms with van der Waals surface area (Å²) in [5, 5.41) is 6.27. The van der Waals surface area contributed by atoms with Gasteiger partial charge in [-0.15, -0.1) is 11.3 Å². The molecular weight excluding hydrogens is 358 g/mol. The fourth-order valence-corrected chi connectivity index (χ4v) is 3.39. The van der Waals surface area contributed by atoms with Crippen molar-refractivity contribution in [2.45, 2.75) is 20.0 Å². The predicted molar refractivity (Wildman–Crippen MR) is 110 cm³/mol. The first kappa shape index (κ1) is 18.9. The fraction of sp³-hybridized carbons (Fsp3) is 0.238. The Morgan fingerprint density at radius 1 is 1.19 bits per heavy atom. The zero-order chi connectivity index (χ0) is 19.2. The molecule has 0 spiro atoms. The van der Waals surface area contributed by atoms with Crippen molar-refractivity contribution in [1.29, 1.82) is 0 Å². The van der Waals surface area contributed by atoms with Gasteiger partial charge in [0.2, 0.25) is 5.91 Å². The van der Waals surface area contributed by atoms with Crippen LogP contribution in [0.25, 0.3) is 11.3 Å². The van der Waals surface area contributed by atoms with E-state index >= 15 is 0 Å². The minimum absolute atomic E-state index is 0.0596. The Morgan fingerprint density at radius 3 is 2.63 bits per heavy atom. The molecule has 140 valence electrons. The highest BCUT2D eigenvalue weighted by Gasteiger charge is 2.08. The van der Waals surface area contributed by atoms with Crippen LogP contribution in [0.5, 0.6) is 5.75 Å². The minimum Gasteiger partial charge on any atom is -0.496 e. The third-order valence-electron chi connectivity index (χ3n) is 4.33. The molecule has 27 heavy (non-hydrogen) atoms. The van der Waals surface area contributed by atoms with Crippen LogP contribution < -0.4 is 10.1 Å². The number of carbonyl (C=O) groups is 1. The van der Waals surface area contributed by atoms with Gasteiger partial charge in [0.05, 0.1) is 12.8 Å².